The fraction of sp³-hybridized carbons (Fsp3) is 0. The van der Waals surface area contributed by atoms with Crippen LogP contribution >= 0.6 is 15.9 Å². The van der Waals surface area contributed by atoms with E-state index in [9.17, 15) is 18.4 Å². The normalized spacial score (nSPS) is 10.7. The molecular formula is C15H9BrF2N2O3. The minimum Gasteiger partial charge on any atom is -0.478 e. The molecule has 0 aliphatic rings. The molecule has 0 bridgehead atoms. The molecule has 2 rings (SSSR count). The number of halogens is 3. The predicted octanol–water partition coefficient (Wildman–Crippen LogP) is 3.19. The third-order valence-corrected chi connectivity index (χ3v) is 3.50. The summed E-state index contributed by atoms with van der Waals surface area (Å²) in [5.74, 6) is -4.22. The number of rotatable bonds is 4. The molecule has 0 aromatic heterocycles. The molecule has 5 nitrogen and oxygen atoms in total. The van der Waals surface area contributed by atoms with E-state index in [0.29, 0.717) is 22.2 Å². The van der Waals surface area contributed by atoms with Gasteiger partial charge in [0.25, 0.3) is 5.91 Å². The first-order chi connectivity index (χ1) is 10.9. The number of carbonyl (C=O) groups excluding carboxylic acids is 1. The van der Waals surface area contributed by atoms with Crippen LogP contribution in [0.25, 0.3) is 0 Å². The van der Waals surface area contributed by atoms with Crippen LogP contribution < -0.4 is 5.43 Å². The van der Waals surface area contributed by atoms with Gasteiger partial charge < -0.3 is 5.11 Å². The van der Waals surface area contributed by atoms with Crippen molar-refractivity contribution in [2.45, 2.75) is 0 Å². The lowest BCUT2D eigenvalue weighted by Crippen LogP contribution is -2.18. The first-order valence-corrected chi connectivity index (χ1v) is 6.99. The highest BCUT2D eigenvalue weighted by Gasteiger charge is 2.13. The Morgan fingerprint density at radius 2 is 1.78 bits per heavy atom. The molecule has 0 atom stereocenters. The molecule has 118 valence electrons. The Hall–Kier alpha value is -2.61. The van der Waals surface area contributed by atoms with Crippen LogP contribution in [0.15, 0.2) is 46.0 Å². The Bertz CT molecular complexity index is 786. The number of nitrogens with one attached hydrogen (secondary N) is 1. The number of nitrogens with zero attached hydrogens (tertiary/aromatic N) is 1. The van der Waals surface area contributed by atoms with Crippen LogP contribution in [0.5, 0.6) is 0 Å². The molecule has 2 aromatic carbocycles. The van der Waals surface area contributed by atoms with Crippen LogP contribution in [-0.2, 0) is 0 Å². The van der Waals surface area contributed by atoms with Crippen molar-refractivity contribution in [3.8, 4) is 0 Å². The average molecular weight is 383 g/mol. The van der Waals surface area contributed by atoms with Crippen LogP contribution in [0.4, 0.5) is 8.78 Å². The van der Waals surface area contributed by atoms with Gasteiger partial charge in [-0.15, -0.1) is 0 Å². The molecule has 0 fully saturated rings. The fourth-order valence-corrected chi connectivity index (χ4v) is 2.16. The Kier molecular flexibility index (Phi) is 5.17. The number of hydrogen-bond acceptors (Lipinski definition) is 3. The summed E-state index contributed by atoms with van der Waals surface area (Å²) in [6, 6.07) is 7.90. The lowest BCUT2D eigenvalue weighted by molar-refractivity contribution is 0.0695. The molecule has 0 heterocycles. The fourth-order valence-electron chi connectivity index (χ4n) is 1.69. The number of carboxylic acid groups (broad SMARTS) is 1. The van der Waals surface area contributed by atoms with Crippen molar-refractivity contribution < 1.29 is 23.5 Å². The molecule has 0 saturated carbocycles. The number of hydrazone groups is 1. The summed E-state index contributed by atoms with van der Waals surface area (Å²) in [5, 5.41) is 12.2. The maximum absolute atomic E-state index is 13.7. The van der Waals surface area contributed by atoms with Crippen LogP contribution in [0, 0.1) is 11.6 Å². The standard InChI is InChI=1S/C15H9BrF2N2O3/c16-11-4-2-1-3-9(11)14(21)20-19-7-10-12(17)5-8(15(22)23)6-13(10)18/h1-7H,(H,20,21)(H,22,23)/b19-7+. The zero-order valence-electron chi connectivity index (χ0n) is 11.4. The van der Waals surface area contributed by atoms with Crippen molar-refractivity contribution in [2.24, 2.45) is 5.10 Å². The van der Waals surface area contributed by atoms with Gasteiger partial charge in [0.15, 0.2) is 0 Å². The zero-order valence-corrected chi connectivity index (χ0v) is 13.0. The molecule has 0 unspecified atom stereocenters. The molecule has 0 saturated heterocycles. The van der Waals surface area contributed by atoms with Crippen LogP contribution in [0.3, 0.4) is 0 Å². The predicted molar refractivity (Wildman–Crippen MR) is 82.5 cm³/mol. The molecular weight excluding hydrogens is 374 g/mol. The van der Waals surface area contributed by atoms with E-state index >= 15 is 0 Å². The van der Waals surface area contributed by atoms with E-state index in [1.165, 1.54) is 6.07 Å². The largest absolute Gasteiger partial charge is 0.478 e. The van der Waals surface area contributed by atoms with Gasteiger partial charge in [-0.2, -0.15) is 5.10 Å². The van der Waals surface area contributed by atoms with E-state index in [-0.39, 0.29) is 0 Å². The molecule has 0 radical (unpaired) electrons. The number of benzene rings is 2. The molecule has 0 aliphatic carbocycles. The maximum atomic E-state index is 13.7. The number of carboxylic acids is 1. The lowest BCUT2D eigenvalue weighted by Gasteiger charge is -2.03. The van der Waals surface area contributed by atoms with Gasteiger partial charge in [-0.25, -0.2) is 19.0 Å². The van der Waals surface area contributed by atoms with E-state index in [0.717, 1.165) is 6.21 Å². The van der Waals surface area contributed by atoms with E-state index in [2.05, 4.69) is 26.5 Å². The highest BCUT2D eigenvalue weighted by atomic mass is 79.9. The maximum Gasteiger partial charge on any atom is 0.335 e. The second kappa shape index (κ2) is 7.10. The summed E-state index contributed by atoms with van der Waals surface area (Å²) in [6.45, 7) is 0. The monoisotopic (exact) mass is 382 g/mol. The molecule has 0 spiro atoms. The lowest BCUT2D eigenvalue weighted by atomic mass is 10.1. The summed E-state index contributed by atoms with van der Waals surface area (Å²) in [4.78, 5) is 22.5. The third kappa shape index (κ3) is 3.98. The van der Waals surface area contributed by atoms with Gasteiger partial charge in [-0.3, -0.25) is 4.79 Å². The van der Waals surface area contributed by atoms with Gasteiger partial charge in [0.1, 0.15) is 11.6 Å². The third-order valence-electron chi connectivity index (χ3n) is 2.80. The van der Waals surface area contributed by atoms with Gasteiger partial charge in [0.2, 0.25) is 0 Å². The van der Waals surface area contributed by atoms with E-state index in [1.54, 1.807) is 18.2 Å². The average Bonchev–Trinajstić information content (AvgIpc) is 2.49. The number of hydrogen-bond donors (Lipinski definition) is 2. The summed E-state index contributed by atoms with van der Waals surface area (Å²) >= 11 is 3.19. The van der Waals surface area contributed by atoms with Gasteiger partial charge in [-0.05, 0) is 40.2 Å². The van der Waals surface area contributed by atoms with E-state index in [4.69, 9.17) is 5.11 Å². The van der Waals surface area contributed by atoms with Crippen LogP contribution in [0.2, 0.25) is 0 Å². The van der Waals surface area contributed by atoms with Crippen molar-refractivity contribution in [3.63, 3.8) is 0 Å². The number of amides is 1. The summed E-state index contributed by atoms with van der Waals surface area (Å²) in [7, 11) is 0. The Labute approximate surface area is 137 Å². The van der Waals surface area contributed by atoms with Crippen LogP contribution in [-0.4, -0.2) is 23.2 Å². The van der Waals surface area contributed by atoms with Gasteiger partial charge in [0.05, 0.1) is 22.9 Å². The molecule has 2 aromatic rings. The van der Waals surface area contributed by atoms with Crippen molar-refractivity contribution in [2.75, 3.05) is 0 Å². The first kappa shape index (κ1) is 16.8. The highest BCUT2D eigenvalue weighted by molar-refractivity contribution is 9.10. The Balaban J connectivity index is 2.17. The summed E-state index contributed by atoms with van der Waals surface area (Å²) in [6.07, 6.45) is 0.769. The molecule has 8 heteroatoms. The second-order valence-corrected chi connectivity index (χ2v) is 5.19. The number of aromatic carboxylic acids is 1. The first-order valence-electron chi connectivity index (χ1n) is 6.20. The summed E-state index contributed by atoms with van der Waals surface area (Å²) in [5.41, 5.74) is 1.36. The smallest absolute Gasteiger partial charge is 0.335 e. The topological polar surface area (TPSA) is 78.8 Å². The zero-order chi connectivity index (χ0) is 17.0. The Morgan fingerprint density at radius 3 is 2.35 bits per heavy atom. The molecule has 2 N–H and O–H groups in total. The minimum absolute atomic E-state index is 0.298. The van der Waals surface area contributed by atoms with Gasteiger partial charge in [-0.1, -0.05) is 12.1 Å². The minimum atomic E-state index is -1.45. The number of carbonyl (C=O) groups is 2. The van der Waals surface area contributed by atoms with Crippen molar-refractivity contribution in [1.82, 2.24) is 5.43 Å². The van der Waals surface area contributed by atoms with Gasteiger partial charge in [0, 0.05) is 4.47 Å². The SMILES string of the molecule is O=C(O)c1cc(F)c(/C=N/NC(=O)c2ccccc2Br)c(F)c1. The molecule has 23 heavy (non-hydrogen) atoms. The molecule has 1 amide bonds. The van der Waals surface area contributed by atoms with E-state index < -0.39 is 34.6 Å². The second-order valence-electron chi connectivity index (χ2n) is 4.34. The quantitative estimate of drug-likeness (QED) is 0.629. The van der Waals surface area contributed by atoms with Crippen molar-refractivity contribution >= 4 is 34.0 Å². The van der Waals surface area contributed by atoms with E-state index in [1.807, 2.05) is 0 Å². The molecule has 0 aliphatic heterocycles. The summed E-state index contributed by atoms with van der Waals surface area (Å²) < 4.78 is 27.9. The van der Waals surface area contributed by atoms with Crippen molar-refractivity contribution in [1.29, 1.82) is 0 Å². The van der Waals surface area contributed by atoms with Gasteiger partial charge >= 0.3 is 5.97 Å². The Morgan fingerprint density at radius 1 is 1.17 bits per heavy atom. The van der Waals surface area contributed by atoms with Crippen molar-refractivity contribution in [3.05, 3.63) is 69.2 Å². The highest BCUT2D eigenvalue weighted by Crippen LogP contribution is 2.16. The van der Waals surface area contributed by atoms with Crippen LogP contribution in [0.1, 0.15) is 26.3 Å².